The van der Waals surface area contributed by atoms with Gasteiger partial charge >= 0.3 is 0 Å². The predicted octanol–water partition coefficient (Wildman–Crippen LogP) is 1.07. The van der Waals surface area contributed by atoms with Gasteiger partial charge in [-0.3, -0.25) is 4.90 Å². The summed E-state index contributed by atoms with van der Waals surface area (Å²) in [6.07, 6.45) is 2.59. The summed E-state index contributed by atoms with van der Waals surface area (Å²) in [5.74, 6) is 1.36. The molecule has 1 fully saturated rings. The summed E-state index contributed by atoms with van der Waals surface area (Å²) in [7, 11) is 1.58. The molecule has 0 atom stereocenters. The van der Waals surface area contributed by atoms with Gasteiger partial charge in [-0.2, -0.15) is 0 Å². The maximum atomic E-state index is 5.74. The van der Waals surface area contributed by atoms with E-state index in [4.69, 9.17) is 20.9 Å². The Balaban J connectivity index is 1.93. The number of aliphatic imine (C=N–C) groups is 1. The van der Waals surface area contributed by atoms with Gasteiger partial charge in [0, 0.05) is 12.6 Å². The van der Waals surface area contributed by atoms with Gasteiger partial charge in [-0.1, -0.05) is 0 Å². The van der Waals surface area contributed by atoms with E-state index in [1.54, 1.807) is 19.2 Å². The number of ether oxygens (including phenoxy) is 2. The molecule has 0 saturated carbocycles. The fourth-order valence-corrected chi connectivity index (χ4v) is 2.28. The number of nitrogens with zero attached hydrogens (tertiary/aromatic N) is 2. The van der Waals surface area contributed by atoms with Crippen molar-refractivity contribution in [1.82, 2.24) is 4.90 Å². The summed E-state index contributed by atoms with van der Waals surface area (Å²) in [5.41, 5.74) is 11.3. The van der Waals surface area contributed by atoms with Crippen LogP contribution in [0.3, 0.4) is 0 Å². The molecule has 20 heavy (non-hydrogen) atoms. The van der Waals surface area contributed by atoms with Crippen molar-refractivity contribution in [1.29, 1.82) is 0 Å². The molecule has 0 amide bonds. The minimum absolute atomic E-state index is 0.00556. The van der Waals surface area contributed by atoms with Crippen molar-refractivity contribution >= 4 is 11.6 Å². The van der Waals surface area contributed by atoms with Crippen LogP contribution in [0, 0.1) is 0 Å². The van der Waals surface area contributed by atoms with Gasteiger partial charge in [0.15, 0.2) is 5.96 Å². The van der Waals surface area contributed by atoms with Crippen molar-refractivity contribution in [3.05, 3.63) is 18.2 Å². The quantitative estimate of drug-likeness (QED) is 0.600. The van der Waals surface area contributed by atoms with E-state index in [2.05, 4.69) is 9.89 Å². The third kappa shape index (κ3) is 4.03. The van der Waals surface area contributed by atoms with Crippen LogP contribution in [0.4, 0.5) is 5.69 Å². The Hall–Kier alpha value is -1.95. The number of hydrogen-bond donors (Lipinski definition) is 2. The van der Waals surface area contributed by atoms with E-state index in [1.807, 2.05) is 6.07 Å². The van der Waals surface area contributed by atoms with E-state index in [0.29, 0.717) is 18.0 Å². The normalized spacial score (nSPS) is 15.1. The number of nitrogens with two attached hydrogens (primary N) is 2. The van der Waals surface area contributed by atoms with Crippen molar-refractivity contribution in [2.75, 3.05) is 33.4 Å². The molecule has 1 heterocycles. The zero-order chi connectivity index (χ0) is 14.4. The molecule has 0 radical (unpaired) electrons. The maximum Gasteiger partial charge on any atom is 0.191 e. The van der Waals surface area contributed by atoms with Crippen LogP contribution in [-0.4, -0.2) is 44.2 Å². The zero-order valence-electron chi connectivity index (χ0n) is 11.8. The van der Waals surface area contributed by atoms with Crippen LogP contribution < -0.4 is 20.9 Å². The molecular weight excluding hydrogens is 256 g/mol. The number of methoxy groups -OCH3 is 1. The molecule has 110 valence electrons. The van der Waals surface area contributed by atoms with E-state index in [1.165, 1.54) is 25.9 Å². The van der Waals surface area contributed by atoms with Gasteiger partial charge in [0.1, 0.15) is 23.8 Å². The second-order valence-corrected chi connectivity index (χ2v) is 4.77. The first-order chi connectivity index (χ1) is 9.69. The smallest absolute Gasteiger partial charge is 0.191 e. The third-order valence-corrected chi connectivity index (χ3v) is 3.28. The van der Waals surface area contributed by atoms with Gasteiger partial charge in [0.25, 0.3) is 0 Å². The Morgan fingerprint density at radius 3 is 2.70 bits per heavy atom. The molecule has 0 aliphatic carbocycles. The van der Waals surface area contributed by atoms with Crippen molar-refractivity contribution in [3.8, 4) is 11.5 Å². The van der Waals surface area contributed by atoms with Crippen LogP contribution in [0.5, 0.6) is 11.5 Å². The van der Waals surface area contributed by atoms with Crippen LogP contribution in [0.15, 0.2) is 23.2 Å². The first-order valence-electron chi connectivity index (χ1n) is 6.82. The zero-order valence-corrected chi connectivity index (χ0v) is 11.8. The molecule has 0 aromatic heterocycles. The fourth-order valence-electron chi connectivity index (χ4n) is 2.28. The monoisotopic (exact) mass is 278 g/mol. The number of rotatable bonds is 6. The van der Waals surface area contributed by atoms with E-state index in [-0.39, 0.29) is 5.96 Å². The van der Waals surface area contributed by atoms with Gasteiger partial charge in [0.05, 0.1) is 7.11 Å². The Kier molecular flexibility index (Phi) is 5.06. The number of benzene rings is 1. The standard InChI is InChI=1S/C14H22N4O2/c1-19-13-10-11(4-5-12(13)17-14(15)16)20-9-8-18-6-2-3-7-18/h4-5,10H,2-3,6-9H2,1H3,(H4,15,16,17). The Morgan fingerprint density at radius 1 is 1.30 bits per heavy atom. The lowest BCUT2D eigenvalue weighted by atomic mass is 10.3. The van der Waals surface area contributed by atoms with E-state index in [9.17, 15) is 0 Å². The average Bonchev–Trinajstić information content (AvgIpc) is 2.93. The van der Waals surface area contributed by atoms with Crippen LogP contribution in [0.1, 0.15) is 12.8 Å². The highest BCUT2D eigenvalue weighted by Gasteiger charge is 2.11. The minimum atomic E-state index is 0.00556. The number of hydrogen-bond acceptors (Lipinski definition) is 4. The summed E-state index contributed by atoms with van der Waals surface area (Å²) in [6.45, 7) is 3.98. The summed E-state index contributed by atoms with van der Waals surface area (Å²) < 4.78 is 11.0. The highest BCUT2D eigenvalue weighted by molar-refractivity contribution is 5.80. The van der Waals surface area contributed by atoms with Crippen LogP contribution in [0.2, 0.25) is 0 Å². The maximum absolute atomic E-state index is 5.74. The van der Waals surface area contributed by atoms with Crippen molar-refractivity contribution in [2.24, 2.45) is 16.5 Å². The lowest BCUT2D eigenvalue weighted by Crippen LogP contribution is -2.25. The minimum Gasteiger partial charge on any atom is -0.494 e. The van der Waals surface area contributed by atoms with Crippen molar-refractivity contribution < 1.29 is 9.47 Å². The SMILES string of the molecule is COc1cc(OCCN2CCCC2)ccc1N=C(N)N. The first kappa shape index (κ1) is 14.5. The van der Waals surface area contributed by atoms with E-state index in [0.717, 1.165) is 12.3 Å². The van der Waals surface area contributed by atoms with Gasteiger partial charge < -0.3 is 20.9 Å². The molecule has 1 saturated heterocycles. The third-order valence-electron chi connectivity index (χ3n) is 3.28. The van der Waals surface area contributed by atoms with Crippen molar-refractivity contribution in [2.45, 2.75) is 12.8 Å². The largest absolute Gasteiger partial charge is 0.494 e. The first-order valence-corrected chi connectivity index (χ1v) is 6.82. The van der Waals surface area contributed by atoms with E-state index < -0.39 is 0 Å². The number of guanidine groups is 1. The molecule has 0 unspecified atom stereocenters. The molecule has 1 aliphatic rings. The fraction of sp³-hybridized carbons (Fsp3) is 0.500. The molecular formula is C14H22N4O2. The van der Waals surface area contributed by atoms with Crippen LogP contribution in [-0.2, 0) is 0 Å². The summed E-state index contributed by atoms with van der Waals surface area (Å²) >= 11 is 0. The Morgan fingerprint density at radius 2 is 2.05 bits per heavy atom. The predicted molar refractivity (Wildman–Crippen MR) is 79.6 cm³/mol. The van der Waals surface area contributed by atoms with Gasteiger partial charge in [-0.15, -0.1) is 0 Å². The molecule has 1 aromatic rings. The highest BCUT2D eigenvalue weighted by atomic mass is 16.5. The molecule has 0 spiro atoms. The van der Waals surface area contributed by atoms with Crippen LogP contribution >= 0.6 is 0 Å². The highest BCUT2D eigenvalue weighted by Crippen LogP contribution is 2.31. The topological polar surface area (TPSA) is 86.1 Å². The number of likely N-dealkylation sites (tertiary alicyclic amines) is 1. The Labute approximate surface area is 119 Å². The summed E-state index contributed by atoms with van der Waals surface area (Å²) in [5, 5.41) is 0. The Bertz CT molecular complexity index is 466. The lowest BCUT2D eigenvalue weighted by Gasteiger charge is -2.15. The molecule has 6 nitrogen and oxygen atoms in total. The average molecular weight is 278 g/mol. The van der Waals surface area contributed by atoms with Gasteiger partial charge in [-0.05, 0) is 38.1 Å². The summed E-state index contributed by atoms with van der Waals surface area (Å²) in [6, 6.07) is 5.42. The molecule has 6 heteroatoms. The molecule has 1 aliphatic heterocycles. The molecule has 2 rings (SSSR count). The van der Waals surface area contributed by atoms with E-state index >= 15 is 0 Å². The molecule has 1 aromatic carbocycles. The second-order valence-electron chi connectivity index (χ2n) is 4.77. The summed E-state index contributed by atoms with van der Waals surface area (Å²) in [4.78, 5) is 6.41. The van der Waals surface area contributed by atoms with Crippen molar-refractivity contribution in [3.63, 3.8) is 0 Å². The van der Waals surface area contributed by atoms with Gasteiger partial charge in [-0.25, -0.2) is 4.99 Å². The second kappa shape index (κ2) is 7.00. The lowest BCUT2D eigenvalue weighted by molar-refractivity contribution is 0.237. The van der Waals surface area contributed by atoms with Gasteiger partial charge in [0.2, 0.25) is 0 Å². The van der Waals surface area contributed by atoms with Crippen LogP contribution in [0.25, 0.3) is 0 Å². The molecule has 0 bridgehead atoms. The molecule has 4 N–H and O–H groups in total.